The zero-order valence-electron chi connectivity index (χ0n) is 14.8. The van der Waals surface area contributed by atoms with E-state index in [-0.39, 0.29) is 17.3 Å². The summed E-state index contributed by atoms with van der Waals surface area (Å²) in [5.74, 6) is 0.370. The SMILES string of the molecule is CCCC(C)CN1CCN(C(=O)c2ccc(F)cc2)CC1(C)C. The Kier molecular flexibility index (Phi) is 5.79. The number of piperazine rings is 1. The number of rotatable bonds is 5. The Balaban J connectivity index is 2.01. The van der Waals surface area contributed by atoms with Crippen molar-refractivity contribution < 1.29 is 9.18 Å². The van der Waals surface area contributed by atoms with E-state index >= 15 is 0 Å². The molecule has 1 amide bonds. The molecule has 128 valence electrons. The van der Waals surface area contributed by atoms with Crippen molar-refractivity contribution in [3.05, 3.63) is 35.6 Å². The van der Waals surface area contributed by atoms with E-state index < -0.39 is 0 Å². The summed E-state index contributed by atoms with van der Waals surface area (Å²) in [5, 5.41) is 0. The van der Waals surface area contributed by atoms with Gasteiger partial charge in [-0.25, -0.2) is 4.39 Å². The number of benzene rings is 1. The fourth-order valence-electron chi connectivity index (χ4n) is 3.44. The first kappa shape index (κ1) is 17.9. The molecule has 1 fully saturated rings. The molecule has 1 aliphatic rings. The summed E-state index contributed by atoms with van der Waals surface area (Å²) in [4.78, 5) is 17.0. The van der Waals surface area contributed by atoms with Crippen LogP contribution in [0.2, 0.25) is 0 Å². The Morgan fingerprint density at radius 1 is 1.26 bits per heavy atom. The van der Waals surface area contributed by atoms with Crippen LogP contribution < -0.4 is 0 Å². The minimum atomic E-state index is -0.309. The van der Waals surface area contributed by atoms with Crippen LogP contribution in [0.1, 0.15) is 50.9 Å². The molecule has 2 rings (SSSR count). The summed E-state index contributed by atoms with van der Waals surface area (Å²) in [7, 11) is 0. The summed E-state index contributed by atoms with van der Waals surface area (Å²) in [6.07, 6.45) is 2.45. The molecule has 0 aliphatic carbocycles. The Bertz CT molecular complexity index is 527. The molecule has 3 nitrogen and oxygen atoms in total. The van der Waals surface area contributed by atoms with Crippen molar-refractivity contribution in [3.8, 4) is 0 Å². The van der Waals surface area contributed by atoms with Gasteiger partial charge in [0.2, 0.25) is 0 Å². The molecular weight excluding hydrogens is 291 g/mol. The lowest BCUT2D eigenvalue weighted by atomic mass is 9.95. The van der Waals surface area contributed by atoms with Gasteiger partial charge in [-0.15, -0.1) is 0 Å². The highest BCUT2D eigenvalue weighted by Crippen LogP contribution is 2.24. The van der Waals surface area contributed by atoms with Crippen LogP contribution in [0.15, 0.2) is 24.3 Å². The maximum absolute atomic E-state index is 13.0. The van der Waals surface area contributed by atoms with E-state index in [1.165, 1.54) is 25.0 Å². The molecule has 1 unspecified atom stereocenters. The van der Waals surface area contributed by atoms with Crippen LogP contribution >= 0.6 is 0 Å². The maximum atomic E-state index is 13.0. The fourth-order valence-corrected chi connectivity index (χ4v) is 3.44. The largest absolute Gasteiger partial charge is 0.336 e. The van der Waals surface area contributed by atoms with Crippen LogP contribution in [-0.2, 0) is 0 Å². The van der Waals surface area contributed by atoms with E-state index in [2.05, 4.69) is 32.6 Å². The summed E-state index contributed by atoms with van der Waals surface area (Å²) in [6.45, 7) is 12.4. The predicted molar refractivity (Wildman–Crippen MR) is 92.0 cm³/mol. The van der Waals surface area contributed by atoms with Crippen molar-refractivity contribution in [2.75, 3.05) is 26.2 Å². The molecule has 1 heterocycles. The summed E-state index contributed by atoms with van der Waals surface area (Å²) < 4.78 is 13.0. The van der Waals surface area contributed by atoms with Gasteiger partial charge in [-0.2, -0.15) is 0 Å². The Labute approximate surface area is 139 Å². The third kappa shape index (κ3) is 4.54. The summed E-state index contributed by atoms with van der Waals surface area (Å²) >= 11 is 0. The first-order valence-electron chi connectivity index (χ1n) is 8.63. The van der Waals surface area contributed by atoms with Crippen LogP contribution in [-0.4, -0.2) is 47.4 Å². The minimum Gasteiger partial charge on any atom is -0.336 e. The van der Waals surface area contributed by atoms with Crippen molar-refractivity contribution in [1.82, 2.24) is 9.80 Å². The topological polar surface area (TPSA) is 23.6 Å². The highest BCUT2D eigenvalue weighted by molar-refractivity contribution is 5.94. The Hall–Kier alpha value is -1.42. The van der Waals surface area contributed by atoms with E-state index in [4.69, 9.17) is 0 Å². The standard InChI is InChI=1S/C19H29FN2O/c1-5-6-15(2)13-22-12-11-21(14-19(22,3)4)18(23)16-7-9-17(20)10-8-16/h7-10,15H,5-6,11-14H2,1-4H3. The average Bonchev–Trinajstić information content (AvgIpc) is 2.49. The van der Waals surface area contributed by atoms with Crippen molar-refractivity contribution in [2.24, 2.45) is 5.92 Å². The van der Waals surface area contributed by atoms with Crippen LogP contribution in [0.5, 0.6) is 0 Å². The molecule has 0 aromatic heterocycles. The quantitative estimate of drug-likeness (QED) is 0.824. The number of halogens is 1. The molecule has 0 radical (unpaired) electrons. The molecule has 1 saturated heterocycles. The lowest BCUT2D eigenvalue weighted by molar-refractivity contribution is 0.0109. The molecule has 23 heavy (non-hydrogen) atoms. The second kappa shape index (κ2) is 7.43. The maximum Gasteiger partial charge on any atom is 0.253 e. The van der Waals surface area contributed by atoms with Gasteiger partial charge < -0.3 is 4.90 Å². The van der Waals surface area contributed by atoms with Gasteiger partial charge in [0, 0.05) is 37.3 Å². The van der Waals surface area contributed by atoms with Gasteiger partial charge >= 0.3 is 0 Å². The zero-order valence-corrected chi connectivity index (χ0v) is 14.8. The number of carbonyl (C=O) groups is 1. The summed E-state index contributed by atoms with van der Waals surface area (Å²) in [5.41, 5.74) is 0.533. The molecule has 0 bridgehead atoms. The molecule has 1 atom stereocenters. The van der Waals surface area contributed by atoms with Crippen molar-refractivity contribution in [1.29, 1.82) is 0 Å². The highest BCUT2D eigenvalue weighted by atomic mass is 19.1. The molecule has 0 N–H and O–H groups in total. The molecule has 0 saturated carbocycles. The summed E-state index contributed by atoms with van der Waals surface area (Å²) in [6, 6.07) is 5.84. The Morgan fingerprint density at radius 3 is 2.48 bits per heavy atom. The van der Waals surface area contributed by atoms with Gasteiger partial charge in [0.15, 0.2) is 0 Å². The molecule has 4 heteroatoms. The normalized spacial score (nSPS) is 19.6. The smallest absolute Gasteiger partial charge is 0.253 e. The van der Waals surface area contributed by atoms with E-state index in [9.17, 15) is 9.18 Å². The lowest BCUT2D eigenvalue weighted by Gasteiger charge is -2.48. The van der Waals surface area contributed by atoms with Crippen LogP contribution in [0, 0.1) is 11.7 Å². The van der Waals surface area contributed by atoms with E-state index in [1.807, 2.05) is 4.90 Å². The van der Waals surface area contributed by atoms with Gasteiger partial charge in [-0.3, -0.25) is 9.69 Å². The van der Waals surface area contributed by atoms with Crippen molar-refractivity contribution in [2.45, 2.75) is 46.1 Å². The second-order valence-electron chi connectivity index (χ2n) is 7.39. The molecule has 1 aliphatic heterocycles. The number of nitrogens with zero attached hydrogens (tertiary/aromatic N) is 2. The third-order valence-electron chi connectivity index (χ3n) is 4.77. The first-order chi connectivity index (χ1) is 10.8. The van der Waals surface area contributed by atoms with Crippen LogP contribution in [0.4, 0.5) is 4.39 Å². The highest BCUT2D eigenvalue weighted by Gasteiger charge is 2.36. The van der Waals surface area contributed by atoms with Gasteiger partial charge in [0.05, 0.1) is 0 Å². The van der Waals surface area contributed by atoms with Gasteiger partial charge in [-0.05, 0) is 50.5 Å². The Morgan fingerprint density at radius 2 is 1.91 bits per heavy atom. The van der Waals surface area contributed by atoms with E-state index in [0.717, 1.165) is 19.6 Å². The van der Waals surface area contributed by atoms with Crippen molar-refractivity contribution in [3.63, 3.8) is 0 Å². The van der Waals surface area contributed by atoms with E-state index in [0.29, 0.717) is 18.0 Å². The number of carbonyl (C=O) groups excluding carboxylic acids is 1. The molecular formula is C19H29FN2O. The molecule has 1 aromatic rings. The van der Waals surface area contributed by atoms with Gasteiger partial charge in [0.1, 0.15) is 5.82 Å². The average molecular weight is 320 g/mol. The zero-order chi connectivity index (χ0) is 17.0. The number of amides is 1. The minimum absolute atomic E-state index is 0.000619. The van der Waals surface area contributed by atoms with Crippen LogP contribution in [0.25, 0.3) is 0 Å². The predicted octanol–water partition coefficient (Wildman–Crippen LogP) is 3.80. The fraction of sp³-hybridized carbons (Fsp3) is 0.632. The number of hydrogen-bond acceptors (Lipinski definition) is 2. The first-order valence-corrected chi connectivity index (χ1v) is 8.63. The lowest BCUT2D eigenvalue weighted by Crippen LogP contribution is -2.61. The number of hydrogen-bond donors (Lipinski definition) is 0. The van der Waals surface area contributed by atoms with Gasteiger partial charge in [0.25, 0.3) is 5.91 Å². The van der Waals surface area contributed by atoms with Crippen molar-refractivity contribution >= 4 is 5.91 Å². The molecule has 1 aromatic carbocycles. The van der Waals surface area contributed by atoms with Crippen LogP contribution in [0.3, 0.4) is 0 Å². The monoisotopic (exact) mass is 320 g/mol. The van der Waals surface area contributed by atoms with E-state index in [1.54, 1.807) is 12.1 Å². The van der Waals surface area contributed by atoms with Gasteiger partial charge in [-0.1, -0.05) is 20.3 Å². The third-order valence-corrected chi connectivity index (χ3v) is 4.77. The molecule has 0 spiro atoms. The second-order valence-corrected chi connectivity index (χ2v) is 7.39.